The predicted molar refractivity (Wildman–Crippen MR) is 91.1 cm³/mol. The Labute approximate surface area is 150 Å². The van der Waals surface area contributed by atoms with E-state index in [1.807, 2.05) is 0 Å². The van der Waals surface area contributed by atoms with Gasteiger partial charge in [0.2, 0.25) is 5.91 Å². The van der Waals surface area contributed by atoms with Crippen molar-refractivity contribution in [2.45, 2.75) is 12.7 Å². The summed E-state index contributed by atoms with van der Waals surface area (Å²) >= 11 is 5.84. The van der Waals surface area contributed by atoms with Crippen molar-refractivity contribution in [3.8, 4) is 0 Å². The van der Waals surface area contributed by atoms with Crippen LogP contribution >= 0.6 is 11.6 Å². The van der Waals surface area contributed by atoms with Gasteiger partial charge >= 0.3 is 6.18 Å². The van der Waals surface area contributed by atoms with Crippen molar-refractivity contribution < 1.29 is 18.0 Å². The second kappa shape index (κ2) is 6.80. The molecule has 0 aliphatic rings. The Balaban J connectivity index is 1.81. The van der Waals surface area contributed by atoms with Crippen LogP contribution < -0.4 is 10.9 Å². The van der Waals surface area contributed by atoms with Crippen LogP contribution in [0.4, 0.5) is 18.9 Å². The fourth-order valence-electron chi connectivity index (χ4n) is 2.37. The topological polar surface area (TPSA) is 64.0 Å². The highest BCUT2D eigenvalue weighted by Crippen LogP contribution is 2.30. The standard InChI is InChI=1S/C17H11ClF3N3O2/c18-11-4-5-13-14(7-11)22-9-24(16(13)26)8-15(25)23-12-3-1-2-10(6-12)17(19,20)21/h1-7,9H,8H2,(H,23,25). The normalized spacial score (nSPS) is 11.5. The van der Waals surface area contributed by atoms with Gasteiger partial charge in [-0.2, -0.15) is 13.2 Å². The van der Waals surface area contributed by atoms with Crippen LogP contribution in [0.1, 0.15) is 5.56 Å². The summed E-state index contributed by atoms with van der Waals surface area (Å²) in [4.78, 5) is 28.5. The quantitative estimate of drug-likeness (QED) is 0.752. The van der Waals surface area contributed by atoms with Gasteiger partial charge in [-0.05, 0) is 36.4 Å². The minimum absolute atomic E-state index is 0.0154. The molecule has 1 amide bonds. The van der Waals surface area contributed by atoms with Gasteiger partial charge in [-0.3, -0.25) is 14.2 Å². The molecule has 0 saturated carbocycles. The van der Waals surface area contributed by atoms with Crippen LogP contribution in [0.25, 0.3) is 10.9 Å². The third kappa shape index (κ3) is 3.85. The van der Waals surface area contributed by atoms with Gasteiger partial charge in [-0.15, -0.1) is 0 Å². The minimum atomic E-state index is -4.51. The first-order valence-electron chi connectivity index (χ1n) is 7.36. The second-order valence-corrected chi connectivity index (χ2v) is 5.90. The van der Waals surface area contributed by atoms with E-state index in [4.69, 9.17) is 11.6 Å². The summed E-state index contributed by atoms with van der Waals surface area (Å²) in [5, 5.41) is 3.04. The molecule has 3 aromatic rings. The average Bonchev–Trinajstić information content (AvgIpc) is 2.57. The van der Waals surface area contributed by atoms with Crippen LogP contribution in [0, 0.1) is 0 Å². The number of benzene rings is 2. The van der Waals surface area contributed by atoms with Gasteiger partial charge in [-0.25, -0.2) is 4.98 Å². The smallest absolute Gasteiger partial charge is 0.325 e. The van der Waals surface area contributed by atoms with Gasteiger partial charge in [0.25, 0.3) is 5.56 Å². The fourth-order valence-corrected chi connectivity index (χ4v) is 2.54. The Bertz CT molecular complexity index is 1050. The van der Waals surface area contributed by atoms with E-state index in [1.54, 1.807) is 0 Å². The Hall–Kier alpha value is -2.87. The second-order valence-electron chi connectivity index (χ2n) is 5.47. The van der Waals surface area contributed by atoms with Gasteiger partial charge in [0.15, 0.2) is 0 Å². The number of hydrogen-bond donors (Lipinski definition) is 1. The molecular formula is C17H11ClF3N3O2. The molecular weight excluding hydrogens is 371 g/mol. The summed E-state index contributed by atoms with van der Waals surface area (Å²) in [5.41, 5.74) is -0.960. The number of nitrogens with zero attached hydrogens (tertiary/aromatic N) is 2. The predicted octanol–water partition coefficient (Wildman–Crippen LogP) is 3.71. The molecule has 0 aliphatic carbocycles. The van der Waals surface area contributed by atoms with E-state index in [1.165, 1.54) is 36.7 Å². The van der Waals surface area contributed by atoms with Crippen LogP contribution in [0.2, 0.25) is 5.02 Å². The highest BCUT2D eigenvalue weighted by molar-refractivity contribution is 6.31. The maximum Gasteiger partial charge on any atom is 0.416 e. The average molecular weight is 382 g/mol. The lowest BCUT2D eigenvalue weighted by atomic mass is 10.2. The summed E-state index contributed by atoms with van der Waals surface area (Å²) in [5.74, 6) is -0.651. The molecule has 0 radical (unpaired) electrons. The van der Waals surface area contributed by atoms with Gasteiger partial charge in [0.1, 0.15) is 6.54 Å². The molecule has 3 rings (SSSR count). The van der Waals surface area contributed by atoms with Gasteiger partial charge in [-0.1, -0.05) is 17.7 Å². The number of nitrogens with one attached hydrogen (secondary N) is 1. The molecule has 134 valence electrons. The van der Waals surface area contributed by atoms with E-state index < -0.39 is 23.2 Å². The lowest BCUT2D eigenvalue weighted by molar-refractivity contribution is -0.137. The molecule has 0 fully saturated rings. The van der Waals surface area contributed by atoms with Crippen LogP contribution in [-0.4, -0.2) is 15.5 Å². The first-order valence-corrected chi connectivity index (χ1v) is 7.73. The molecule has 5 nitrogen and oxygen atoms in total. The van der Waals surface area contributed by atoms with Crippen molar-refractivity contribution in [3.63, 3.8) is 0 Å². The van der Waals surface area contributed by atoms with Crippen molar-refractivity contribution in [1.82, 2.24) is 9.55 Å². The number of hydrogen-bond acceptors (Lipinski definition) is 3. The number of carbonyl (C=O) groups excluding carboxylic acids is 1. The first kappa shape index (κ1) is 17.9. The number of fused-ring (bicyclic) bond motifs is 1. The van der Waals surface area contributed by atoms with E-state index in [-0.39, 0.29) is 17.6 Å². The monoisotopic (exact) mass is 381 g/mol. The van der Waals surface area contributed by atoms with Gasteiger partial charge in [0, 0.05) is 10.7 Å². The van der Waals surface area contributed by atoms with Gasteiger partial charge < -0.3 is 5.32 Å². The van der Waals surface area contributed by atoms with Gasteiger partial charge in [0.05, 0.1) is 22.8 Å². The molecule has 26 heavy (non-hydrogen) atoms. The maximum atomic E-state index is 12.7. The zero-order valence-corrected chi connectivity index (χ0v) is 13.8. The molecule has 0 atom stereocenters. The first-order chi connectivity index (χ1) is 12.2. The van der Waals surface area contributed by atoms with Crippen LogP contribution in [0.15, 0.2) is 53.6 Å². The van der Waals surface area contributed by atoms with Crippen molar-refractivity contribution in [2.75, 3.05) is 5.32 Å². The van der Waals surface area contributed by atoms with Crippen LogP contribution in [0.5, 0.6) is 0 Å². The molecule has 1 N–H and O–H groups in total. The number of amides is 1. The Kier molecular flexibility index (Phi) is 4.69. The minimum Gasteiger partial charge on any atom is -0.325 e. The zero-order valence-electron chi connectivity index (χ0n) is 13.0. The van der Waals surface area contributed by atoms with Crippen molar-refractivity contribution in [3.05, 3.63) is 69.7 Å². The Morgan fingerprint density at radius 1 is 1.19 bits per heavy atom. The Morgan fingerprint density at radius 2 is 1.96 bits per heavy atom. The lowest BCUT2D eigenvalue weighted by Crippen LogP contribution is -2.28. The molecule has 0 bridgehead atoms. The molecule has 0 saturated heterocycles. The summed E-state index contributed by atoms with van der Waals surface area (Å²) in [7, 11) is 0. The van der Waals surface area contributed by atoms with Crippen molar-refractivity contribution in [2.24, 2.45) is 0 Å². The summed E-state index contributed by atoms with van der Waals surface area (Å²) in [6, 6.07) is 8.78. The number of halogens is 4. The van der Waals surface area contributed by atoms with E-state index in [9.17, 15) is 22.8 Å². The van der Waals surface area contributed by atoms with Crippen LogP contribution in [0.3, 0.4) is 0 Å². The molecule has 0 unspecified atom stereocenters. The third-order valence-corrected chi connectivity index (χ3v) is 3.81. The van der Waals surface area contributed by atoms with E-state index in [0.29, 0.717) is 10.5 Å². The number of carbonyl (C=O) groups is 1. The largest absolute Gasteiger partial charge is 0.416 e. The summed E-state index contributed by atoms with van der Waals surface area (Å²) in [6.45, 7) is -0.388. The molecule has 0 aliphatic heterocycles. The lowest BCUT2D eigenvalue weighted by Gasteiger charge is -2.11. The van der Waals surface area contributed by atoms with E-state index >= 15 is 0 Å². The molecule has 9 heteroatoms. The Morgan fingerprint density at radius 3 is 2.69 bits per heavy atom. The molecule has 1 heterocycles. The summed E-state index contributed by atoms with van der Waals surface area (Å²) in [6.07, 6.45) is -3.33. The van der Waals surface area contributed by atoms with E-state index in [2.05, 4.69) is 10.3 Å². The maximum absolute atomic E-state index is 12.7. The number of anilines is 1. The number of rotatable bonds is 3. The van der Waals surface area contributed by atoms with E-state index in [0.717, 1.165) is 16.7 Å². The SMILES string of the molecule is O=C(Cn1cnc2cc(Cl)ccc2c1=O)Nc1cccc(C(F)(F)F)c1. The van der Waals surface area contributed by atoms with Crippen molar-refractivity contribution >= 4 is 34.1 Å². The van der Waals surface area contributed by atoms with Crippen LogP contribution in [-0.2, 0) is 17.5 Å². The highest BCUT2D eigenvalue weighted by Gasteiger charge is 2.30. The molecule has 2 aromatic carbocycles. The third-order valence-electron chi connectivity index (χ3n) is 3.57. The van der Waals surface area contributed by atoms with Crippen molar-refractivity contribution in [1.29, 1.82) is 0 Å². The summed E-state index contributed by atoms with van der Waals surface area (Å²) < 4.78 is 39.2. The highest BCUT2D eigenvalue weighted by atomic mass is 35.5. The molecule has 1 aromatic heterocycles. The number of alkyl halides is 3. The molecule has 0 spiro atoms. The fraction of sp³-hybridized carbons (Fsp3) is 0.118. The zero-order chi connectivity index (χ0) is 18.9. The number of aromatic nitrogens is 2.